The van der Waals surface area contributed by atoms with Crippen molar-refractivity contribution in [2.24, 2.45) is 5.92 Å². The number of rotatable bonds is 7. The Labute approximate surface area is 115 Å². The molecule has 0 bridgehead atoms. The Morgan fingerprint density at radius 1 is 1.35 bits per heavy atom. The van der Waals surface area contributed by atoms with Gasteiger partial charge >= 0.3 is 5.97 Å². The predicted octanol–water partition coefficient (Wildman–Crippen LogP) is 1.36. The molecule has 0 heterocycles. The number of nitrogens with zero attached hydrogens (tertiary/aromatic N) is 1. The fourth-order valence-corrected chi connectivity index (χ4v) is 1.53. The molecule has 0 aliphatic rings. The smallest absolute Gasteiger partial charge is 0.306 e. The summed E-state index contributed by atoms with van der Waals surface area (Å²) in [5.41, 5.74) is 0.642. The van der Waals surface area contributed by atoms with E-state index in [1.165, 1.54) is 24.3 Å². The van der Waals surface area contributed by atoms with Crippen molar-refractivity contribution in [2.75, 3.05) is 6.54 Å². The Bertz CT molecular complexity index is 498. The van der Waals surface area contributed by atoms with Gasteiger partial charge in [0.05, 0.1) is 17.3 Å². The number of nitrogens with one attached hydrogen (secondary N) is 1. The second-order valence-electron chi connectivity index (χ2n) is 4.48. The van der Waals surface area contributed by atoms with Crippen LogP contribution >= 0.6 is 0 Å². The van der Waals surface area contributed by atoms with Gasteiger partial charge in [0.25, 0.3) is 5.69 Å². The molecule has 0 aliphatic carbocycles. The van der Waals surface area contributed by atoms with Gasteiger partial charge in [-0.1, -0.05) is 19.1 Å². The van der Waals surface area contributed by atoms with Crippen LogP contribution in [0.3, 0.4) is 0 Å². The van der Waals surface area contributed by atoms with E-state index in [-0.39, 0.29) is 18.0 Å². The number of hydrogen-bond donors (Lipinski definition) is 2. The van der Waals surface area contributed by atoms with Crippen LogP contribution in [0.1, 0.15) is 18.9 Å². The molecule has 7 heteroatoms. The Balaban J connectivity index is 2.39. The van der Waals surface area contributed by atoms with Crippen LogP contribution in [0.25, 0.3) is 0 Å². The van der Waals surface area contributed by atoms with Crippen LogP contribution in [0.5, 0.6) is 0 Å². The minimum absolute atomic E-state index is 0.0237. The van der Waals surface area contributed by atoms with Gasteiger partial charge in [-0.05, 0) is 12.0 Å². The molecule has 0 spiro atoms. The topological polar surface area (TPSA) is 110 Å². The molecule has 7 nitrogen and oxygen atoms in total. The molecule has 0 saturated heterocycles. The van der Waals surface area contributed by atoms with Crippen molar-refractivity contribution >= 4 is 17.6 Å². The fourth-order valence-electron chi connectivity index (χ4n) is 1.53. The summed E-state index contributed by atoms with van der Waals surface area (Å²) in [6.07, 6.45) is 0.473. The van der Waals surface area contributed by atoms with Crippen LogP contribution in [0.15, 0.2) is 24.3 Å². The molecule has 0 aliphatic heterocycles. The van der Waals surface area contributed by atoms with Gasteiger partial charge in [-0.3, -0.25) is 19.7 Å². The molecule has 0 aromatic heterocycles. The first-order valence-corrected chi connectivity index (χ1v) is 6.13. The fraction of sp³-hybridized carbons (Fsp3) is 0.385. The molecule has 1 unspecified atom stereocenters. The number of carbonyl (C=O) groups excluding carboxylic acids is 1. The van der Waals surface area contributed by atoms with Crippen molar-refractivity contribution in [2.45, 2.75) is 19.8 Å². The summed E-state index contributed by atoms with van der Waals surface area (Å²) in [7, 11) is 0. The van der Waals surface area contributed by atoms with E-state index in [2.05, 4.69) is 5.32 Å². The van der Waals surface area contributed by atoms with E-state index < -0.39 is 16.8 Å². The summed E-state index contributed by atoms with van der Waals surface area (Å²) >= 11 is 0. The van der Waals surface area contributed by atoms with Gasteiger partial charge in [0.15, 0.2) is 0 Å². The van der Waals surface area contributed by atoms with E-state index in [0.29, 0.717) is 18.5 Å². The number of carboxylic acid groups (broad SMARTS) is 1. The van der Waals surface area contributed by atoms with Crippen molar-refractivity contribution in [3.8, 4) is 0 Å². The number of aliphatic carboxylic acids is 1. The van der Waals surface area contributed by atoms with Crippen molar-refractivity contribution in [3.63, 3.8) is 0 Å². The van der Waals surface area contributed by atoms with Gasteiger partial charge in [-0.15, -0.1) is 0 Å². The van der Waals surface area contributed by atoms with Crippen molar-refractivity contribution in [1.29, 1.82) is 0 Å². The number of hydrogen-bond acceptors (Lipinski definition) is 4. The average molecular weight is 280 g/mol. The molecule has 108 valence electrons. The molecule has 20 heavy (non-hydrogen) atoms. The first kappa shape index (κ1) is 15.6. The maximum atomic E-state index is 11.6. The van der Waals surface area contributed by atoms with Gasteiger partial charge in [-0.2, -0.15) is 0 Å². The molecular formula is C13H16N2O5. The highest BCUT2D eigenvalue weighted by atomic mass is 16.6. The number of non-ortho nitro benzene ring substituents is 1. The summed E-state index contributed by atoms with van der Waals surface area (Å²) in [6, 6.07) is 5.74. The zero-order valence-corrected chi connectivity index (χ0v) is 11.0. The Kier molecular flexibility index (Phi) is 5.64. The predicted molar refractivity (Wildman–Crippen MR) is 71.2 cm³/mol. The van der Waals surface area contributed by atoms with Gasteiger partial charge in [0.2, 0.25) is 5.91 Å². The molecule has 0 radical (unpaired) electrons. The van der Waals surface area contributed by atoms with E-state index >= 15 is 0 Å². The van der Waals surface area contributed by atoms with Gasteiger partial charge in [0, 0.05) is 18.7 Å². The zero-order chi connectivity index (χ0) is 15.1. The number of carbonyl (C=O) groups is 2. The van der Waals surface area contributed by atoms with Crippen LogP contribution in [-0.2, 0) is 16.0 Å². The number of amides is 1. The molecule has 0 saturated carbocycles. The van der Waals surface area contributed by atoms with E-state index in [4.69, 9.17) is 5.11 Å². The van der Waals surface area contributed by atoms with E-state index in [9.17, 15) is 19.7 Å². The van der Waals surface area contributed by atoms with Gasteiger partial charge in [-0.25, -0.2) is 0 Å². The summed E-state index contributed by atoms with van der Waals surface area (Å²) < 4.78 is 0. The third-order valence-electron chi connectivity index (χ3n) is 2.83. The van der Waals surface area contributed by atoms with Crippen LogP contribution in [0.2, 0.25) is 0 Å². The molecule has 1 rings (SSSR count). The minimum Gasteiger partial charge on any atom is -0.481 e. The van der Waals surface area contributed by atoms with Gasteiger partial charge in [0.1, 0.15) is 0 Å². The number of nitro groups is 1. The third kappa shape index (κ3) is 5.05. The number of nitro benzene ring substituents is 1. The van der Waals surface area contributed by atoms with E-state index in [1.807, 2.05) is 0 Å². The van der Waals surface area contributed by atoms with Crippen LogP contribution in [0, 0.1) is 16.0 Å². The first-order valence-electron chi connectivity index (χ1n) is 6.13. The maximum absolute atomic E-state index is 11.6. The molecule has 1 atom stereocenters. The SMILES string of the molecule is CC(CCNC(=O)Cc1ccc([N+](=O)[O-])cc1)C(=O)O. The highest BCUT2D eigenvalue weighted by Crippen LogP contribution is 2.12. The van der Waals surface area contributed by atoms with E-state index in [1.54, 1.807) is 6.92 Å². The molecule has 1 amide bonds. The Morgan fingerprint density at radius 2 is 1.95 bits per heavy atom. The normalized spacial score (nSPS) is 11.7. The molecular weight excluding hydrogens is 264 g/mol. The lowest BCUT2D eigenvalue weighted by Gasteiger charge is -2.07. The first-order chi connectivity index (χ1) is 9.40. The van der Waals surface area contributed by atoms with Gasteiger partial charge < -0.3 is 10.4 Å². The Hall–Kier alpha value is -2.44. The maximum Gasteiger partial charge on any atom is 0.306 e. The van der Waals surface area contributed by atoms with Crippen molar-refractivity contribution in [1.82, 2.24) is 5.32 Å². The lowest BCUT2D eigenvalue weighted by atomic mass is 10.1. The summed E-state index contributed by atoms with van der Waals surface area (Å²) in [4.78, 5) is 32.1. The summed E-state index contributed by atoms with van der Waals surface area (Å²) in [6.45, 7) is 1.87. The monoisotopic (exact) mass is 280 g/mol. The zero-order valence-electron chi connectivity index (χ0n) is 11.0. The lowest BCUT2D eigenvalue weighted by molar-refractivity contribution is -0.384. The second-order valence-corrected chi connectivity index (χ2v) is 4.48. The van der Waals surface area contributed by atoms with Crippen LogP contribution in [0.4, 0.5) is 5.69 Å². The standard InChI is InChI=1S/C13H16N2O5/c1-9(13(17)18)6-7-14-12(16)8-10-2-4-11(5-3-10)15(19)20/h2-5,9H,6-8H2,1H3,(H,14,16)(H,17,18). The lowest BCUT2D eigenvalue weighted by Crippen LogP contribution is -2.28. The average Bonchev–Trinajstić information content (AvgIpc) is 2.39. The summed E-state index contributed by atoms with van der Waals surface area (Å²) in [5, 5.41) is 21.8. The Morgan fingerprint density at radius 3 is 2.45 bits per heavy atom. The number of benzene rings is 1. The van der Waals surface area contributed by atoms with Crippen LogP contribution < -0.4 is 5.32 Å². The summed E-state index contributed by atoms with van der Waals surface area (Å²) in [5.74, 6) is -1.64. The third-order valence-corrected chi connectivity index (χ3v) is 2.83. The van der Waals surface area contributed by atoms with Crippen molar-refractivity contribution < 1.29 is 19.6 Å². The molecule has 2 N–H and O–H groups in total. The molecule has 0 fully saturated rings. The molecule has 1 aromatic rings. The molecule has 1 aromatic carbocycles. The minimum atomic E-state index is -0.894. The highest BCUT2D eigenvalue weighted by Gasteiger charge is 2.11. The quantitative estimate of drug-likeness (QED) is 0.579. The second kappa shape index (κ2) is 7.22. The number of carboxylic acids is 1. The van der Waals surface area contributed by atoms with E-state index in [0.717, 1.165) is 0 Å². The largest absolute Gasteiger partial charge is 0.481 e. The van der Waals surface area contributed by atoms with Crippen LogP contribution in [-0.4, -0.2) is 28.5 Å². The van der Waals surface area contributed by atoms with Crippen molar-refractivity contribution in [3.05, 3.63) is 39.9 Å². The highest BCUT2D eigenvalue weighted by molar-refractivity contribution is 5.78.